The van der Waals surface area contributed by atoms with Crippen LogP contribution in [0.2, 0.25) is 10.0 Å². The Labute approximate surface area is 286 Å². The Bertz CT molecular complexity index is 1430. The van der Waals surface area contributed by atoms with Gasteiger partial charge in [0.15, 0.2) is 12.4 Å². The van der Waals surface area contributed by atoms with E-state index in [2.05, 4.69) is 20.1 Å². The van der Waals surface area contributed by atoms with Crippen LogP contribution < -0.4 is 15.2 Å². The lowest BCUT2D eigenvalue weighted by molar-refractivity contribution is -0.136. The van der Waals surface area contributed by atoms with Gasteiger partial charge in [-0.3, -0.25) is 9.59 Å². The topological polar surface area (TPSA) is 143 Å². The number of hydrogen-bond acceptors (Lipinski definition) is 9. The largest absolute Gasteiger partial charge is 0.497 e. The van der Waals surface area contributed by atoms with Crippen molar-refractivity contribution in [3.05, 3.63) is 57.6 Å². The second-order valence-electron chi connectivity index (χ2n) is 11.8. The SMILES string of the molecule is COc1cc(OC)cc(C(=O)N(C)CC(=NOCC(N)=NO)C(CCN2CCC(N3CCCCC3=O)CC2)c2ccc(Cl)c(Cl)c2)c1. The van der Waals surface area contributed by atoms with Crippen LogP contribution in [0.1, 0.15) is 60.4 Å². The Morgan fingerprint density at radius 2 is 1.77 bits per heavy atom. The first kappa shape index (κ1) is 36.1. The van der Waals surface area contributed by atoms with Gasteiger partial charge in [0.25, 0.3) is 5.91 Å². The number of methoxy groups -OCH3 is 2. The number of amidine groups is 1. The summed E-state index contributed by atoms with van der Waals surface area (Å²) in [5.41, 5.74) is 7.41. The Kier molecular flexibility index (Phi) is 13.4. The molecule has 3 N–H and O–H groups in total. The van der Waals surface area contributed by atoms with Crippen LogP contribution in [0, 0.1) is 0 Å². The second kappa shape index (κ2) is 17.4. The minimum atomic E-state index is -0.325. The molecule has 4 rings (SSSR count). The molecule has 0 bridgehead atoms. The molecule has 0 aliphatic carbocycles. The van der Waals surface area contributed by atoms with Gasteiger partial charge < -0.3 is 40.0 Å². The number of benzene rings is 2. The number of nitrogens with zero attached hydrogens (tertiary/aromatic N) is 5. The van der Waals surface area contributed by atoms with Gasteiger partial charge in [-0.05, 0) is 68.5 Å². The number of likely N-dealkylation sites (tertiary alicyclic amines) is 2. The van der Waals surface area contributed by atoms with Gasteiger partial charge in [-0.2, -0.15) is 0 Å². The number of oxime groups is 2. The zero-order chi connectivity index (χ0) is 33.9. The minimum Gasteiger partial charge on any atom is -0.497 e. The lowest BCUT2D eigenvalue weighted by atomic mass is 9.89. The summed E-state index contributed by atoms with van der Waals surface area (Å²) in [6.07, 6.45) is 5.17. The van der Waals surface area contributed by atoms with Crippen molar-refractivity contribution in [1.29, 1.82) is 0 Å². The summed E-state index contributed by atoms with van der Waals surface area (Å²) in [7, 11) is 4.72. The minimum absolute atomic E-state index is 0.0958. The number of carbonyl (C=O) groups is 2. The number of rotatable bonds is 14. The molecule has 2 aliphatic heterocycles. The van der Waals surface area contributed by atoms with Crippen molar-refractivity contribution in [3.8, 4) is 11.5 Å². The van der Waals surface area contributed by atoms with E-state index in [9.17, 15) is 9.59 Å². The van der Waals surface area contributed by atoms with E-state index in [-0.39, 0.29) is 42.8 Å². The summed E-state index contributed by atoms with van der Waals surface area (Å²) in [5, 5.41) is 17.2. The number of carbonyl (C=O) groups excluding carboxylic acids is 2. The Balaban J connectivity index is 1.57. The number of nitrogens with two attached hydrogens (primary N) is 1. The van der Waals surface area contributed by atoms with Gasteiger partial charge in [0.2, 0.25) is 5.91 Å². The zero-order valence-corrected chi connectivity index (χ0v) is 28.7. The van der Waals surface area contributed by atoms with Crippen molar-refractivity contribution in [2.24, 2.45) is 16.0 Å². The Morgan fingerprint density at radius 3 is 2.38 bits per heavy atom. The summed E-state index contributed by atoms with van der Waals surface area (Å²) >= 11 is 12.8. The monoisotopic (exact) mass is 690 g/mol. The molecule has 2 amide bonds. The molecule has 2 aromatic carbocycles. The van der Waals surface area contributed by atoms with Crippen LogP contribution in [0.4, 0.5) is 0 Å². The molecule has 0 spiro atoms. The maximum atomic E-state index is 13.7. The molecule has 256 valence electrons. The molecule has 0 aromatic heterocycles. The van der Waals surface area contributed by atoms with Gasteiger partial charge in [-0.1, -0.05) is 39.6 Å². The summed E-state index contributed by atoms with van der Waals surface area (Å²) in [6.45, 7) is 3.16. The van der Waals surface area contributed by atoms with E-state index in [0.29, 0.717) is 45.7 Å². The predicted molar refractivity (Wildman–Crippen MR) is 182 cm³/mol. The van der Waals surface area contributed by atoms with E-state index in [0.717, 1.165) is 57.4 Å². The first-order valence-corrected chi connectivity index (χ1v) is 16.5. The third-order valence-electron chi connectivity index (χ3n) is 8.71. The molecule has 0 radical (unpaired) electrons. The van der Waals surface area contributed by atoms with Crippen molar-refractivity contribution in [1.82, 2.24) is 14.7 Å². The molecule has 47 heavy (non-hydrogen) atoms. The van der Waals surface area contributed by atoms with Gasteiger partial charge in [0.1, 0.15) is 11.5 Å². The fourth-order valence-electron chi connectivity index (χ4n) is 6.11. The smallest absolute Gasteiger partial charge is 0.254 e. The van der Waals surface area contributed by atoms with E-state index >= 15 is 0 Å². The maximum Gasteiger partial charge on any atom is 0.254 e. The lowest BCUT2D eigenvalue weighted by Gasteiger charge is -2.40. The van der Waals surface area contributed by atoms with E-state index in [1.165, 1.54) is 19.1 Å². The van der Waals surface area contributed by atoms with Gasteiger partial charge in [-0.15, -0.1) is 0 Å². The first-order chi connectivity index (χ1) is 22.6. The quantitative estimate of drug-likeness (QED) is 0.124. The van der Waals surface area contributed by atoms with E-state index in [1.807, 2.05) is 6.07 Å². The molecule has 2 saturated heterocycles. The van der Waals surface area contributed by atoms with Crippen LogP contribution in [0.3, 0.4) is 0 Å². The van der Waals surface area contributed by atoms with Crippen molar-refractivity contribution in [3.63, 3.8) is 0 Å². The number of hydrogen-bond donors (Lipinski definition) is 2. The third kappa shape index (κ3) is 9.88. The average Bonchev–Trinajstić information content (AvgIpc) is 3.09. The van der Waals surface area contributed by atoms with Crippen LogP contribution in [-0.2, 0) is 9.63 Å². The molecule has 2 aromatic rings. The van der Waals surface area contributed by atoms with Crippen molar-refractivity contribution >= 4 is 46.6 Å². The third-order valence-corrected chi connectivity index (χ3v) is 9.45. The fraction of sp³-hybridized carbons (Fsp3) is 0.515. The average molecular weight is 692 g/mol. The van der Waals surface area contributed by atoms with Gasteiger partial charge >= 0.3 is 0 Å². The maximum absolute atomic E-state index is 13.7. The second-order valence-corrected chi connectivity index (χ2v) is 12.7. The number of amides is 2. The molecule has 12 nitrogen and oxygen atoms in total. The number of halogens is 2. The van der Waals surface area contributed by atoms with Gasteiger partial charge in [0, 0.05) is 56.7 Å². The first-order valence-electron chi connectivity index (χ1n) is 15.7. The highest BCUT2D eigenvalue weighted by Gasteiger charge is 2.31. The highest BCUT2D eigenvalue weighted by Crippen LogP contribution is 2.31. The Morgan fingerprint density at radius 1 is 1.06 bits per heavy atom. The van der Waals surface area contributed by atoms with E-state index in [1.54, 1.807) is 37.4 Å². The molecule has 2 fully saturated rings. The molecule has 14 heteroatoms. The highest BCUT2D eigenvalue weighted by atomic mass is 35.5. The van der Waals surface area contributed by atoms with Crippen LogP contribution in [-0.4, -0.2) is 110 Å². The van der Waals surface area contributed by atoms with Gasteiger partial charge in [-0.25, -0.2) is 0 Å². The van der Waals surface area contributed by atoms with Crippen LogP contribution in [0.15, 0.2) is 46.7 Å². The lowest BCUT2D eigenvalue weighted by Crippen LogP contribution is -2.49. The normalized spacial score (nSPS) is 17.4. The fourth-order valence-corrected chi connectivity index (χ4v) is 6.42. The molecular formula is C33H44Cl2N6O6. The number of ether oxygens (including phenoxy) is 2. The van der Waals surface area contributed by atoms with E-state index < -0.39 is 0 Å². The Hall–Kier alpha value is -3.74. The highest BCUT2D eigenvalue weighted by molar-refractivity contribution is 6.42. The van der Waals surface area contributed by atoms with Crippen LogP contribution in [0.5, 0.6) is 11.5 Å². The molecule has 0 saturated carbocycles. The summed E-state index contributed by atoms with van der Waals surface area (Å²) in [6, 6.07) is 10.7. The van der Waals surface area contributed by atoms with Crippen molar-refractivity contribution < 1.29 is 29.1 Å². The molecule has 2 aliphatic rings. The van der Waals surface area contributed by atoms with E-state index in [4.69, 9.17) is 48.5 Å². The summed E-state index contributed by atoms with van der Waals surface area (Å²) in [4.78, 5) is 37.7. The summed E-state index contributed by atoms with van der Waals surface area (Å²) < 4.78 is 10.7. The molecule has 1 unspecified atom stereocenters. The standard InChI is InChI=1S/C33H44Cl2N6O6/c1-39(33(43)23-16-25(45-2)19-26(17-23)46-3)20-30(38-47-21-31(36)37-44)27(22-7-8-28(34)29(35)18-22)11-15-40-13-9-24(10-14-40)41-12-5-4-6-32(41)42/h7-8,16-19,24,27,44H,4-6,9-15,20-21H2,1-3H3,(H2,36,37). The van der Waals surface area contributed by atoms with Crippen molar-refractivity contribution in [2.75, 3.05) is 60.6 Å². The summed E-state index contributed by atoms with van der Waals surface area (Å²) in [5.74, 6) is 0.482. The van der Waals surface area contributed by atoms with Crippen molar-refractivity contribution in [2.45, 2.75) is 50.5 Å². The number of piperidine rings is 2. The van der Waals surface area contributed by atoms with Crippen LogP contribution in [0.25, 0.3) is 0 Å². The predicted octanol–water partition coefficient (Wildman–Crippen LogP) is 4.85. The van der Waals surface area contributed by atoms with Gasteiger partial charge in [0.05, 0.1) is 36.5 Å². The molecular weight excluding hydrogens is 647 g/mol. The molecule has 2 heterocycles. The molecule has 1 atom stereocenters. The van der Waals surface area contributed by atoms with Crippen LogP contribution >= 0.6 is 23.2 Å². The zero-order valence-electron chi connectivity index (χ0n) is 27.2.